The molecule has 7 heavy (non-hydrogen) atoms. The van der Waals surface area contributed by atoms with Gasteiger partial charge in [-0.25, -0.2) is 0 Å². The summed E-state index contributed by atoms with van der Waals surface area (Å²) >= 11 is 0. The van der Waals surface area contributed by atoms with Crippen LogP contribution in [0.5, 0.6) is 0 Å². The van der Waals surface area contributed by atoms with Crippen molar-refractivity contribution in [2.45, 2.75) is 0 Å². The first-order valence-corrected chi connectivity index (χ1v) is 2.77. The molecule has 0 aromatic heterocycles. The summed E-state index contributed by atoms with van der Waals surface area (Å²) in [6, 6.07) is 0. The molecule has 0 amide bonds. The zero-order valence-corrected chi connectivity index (χ0v) is 6.02. The van der Waals surface area contributed by atoms with Crippen molar-refractivity contribution in [3.05, 3.63) is 0 Å². The van der Waals surface area contributed by atoms with Crippen LogP contribution in [0.1, 0.15) is 0 Å². The topological polar surface area (TPSA) is 82.9 Å². The molecule has 0 atom stereocenters. The van der Waals surface area contributed by atoms with Gasteiger partial charge in [-0.1, -0.05) is 0 Å². The first-order valence-electron chi connectivity index (χ1n) is 0.924. The molecule has 0 spiro atoms. The van der Waals surface area contributed by atoms with Crippen LogP contribution < -0.4 is 0 Å². The average Bonchev–Trinajstić information content (AvgIpc) is 0.722. The van der Waals surface area contributed by atoms with Crippen LogP contribution in [0, 0.1) is 0 Å². The van der Waals surface area contributed by atoms with Gasteiger partial charge in [-0.2, -0.15) is 8.42 Å². The van der Waals surface area contributed by atoms with Crippen molar-refractivity contribution in [3.8, 4) is 0 Å². The minimum absolute atomic E-state index is 0. The van der Waals surface area contributed by atoms with E-state index in [1.54, 1.807) is 0 Å². The maximum Gasteiger partial charge on any atom is 2.00 e. The van der Waals surface area contributed by atoms with Gasteiger partial charge in [0.15, 0.2) is 0 Å². The standard InChI is InChI=1S/CH4O3S.Mg.O/c1-5(2,3)4;;/h1H3,(H,2,3,4);;/q;+2;-2. The fraction of sp³-hybridized carbons (Fsp3) is 1.00. The monoisotopic (exact) mass is 136 g/mol. The van der Waals surface area contributed by atoms with Gasteiger partial charge in [0.05, 0.1) is 6.26 Å². The summed E-state index contributed by atoms with van der Waals surface area (Å²) < 4.78 is 25.9. The third-order valence-electron chi connectivity index (χ3n) is 0. The second-order valence-electron chi connectivity index (χ2n) is 0.733. The van der Waals surface area contributed by atoms with Crippen molar-refractivity contribution in [3.63, 3.8) is 0 Å². The minimum atomic E-state index is -3.67. The Morgan fingerprint density at radius 3 is 1.43 bits per heavy atom. The van der Waals surface area contributed by atoms with Gasteiger partial charge in [-0.3, -0.25) is 4.55 Å². The van der Waals surface area contributed by atoms with E-state index in [1.807, 2.05) is 0 Å². The minimum Gasteiger partial charge on any atom is -2.00 e. The molecule has 0 radical (unpaired) electrons. The van der Waals surface area contributed by atoms with Crippen LogP contribution in [0.15, 0.2) is 0 Å². The van der Waals surface area contributed by atoms with E-state index in [9.17, 15) is 8.42 Å². The second-order valence-corrected chi connectivity index (χ2v) is 2.20. The van der Waals surface area contributed by atoms with Crippen molar-refractivity contribution in [1.29, 1.82) is 0 Å². The molecule has 0 heterocycles. The number of hydrogen-bond acceptors (Lipinski definition) is 2. The Labute approximate surface area is 58.1 Å². The molecular weight excluding hydrogens is 132 g/mol. The van der Waals surface area contributed by atoms with Crippen LogP contribution in [-0.2, 0) is 15.6 Å². The third-order valence-corrected chi connectivity index (χ3v) is 0. The van der Waals surface area contributed by atoms with Gasteiger partial charge in [-0.15, -0.1) is 0 Å². The molecule has 0 saturated heterocycles. The summed E-state index contributed by atoms with van der Waals surface area (Å²) in [6.45, 7) is 0. The zero-order valence-electron chi connectivity index (χ0n) is 3.79. The molecule has 0 rings (SSSR count). The molecule has 40 valence electrons. The van der Waals surface area contributed by atoms with Gasteiger partial charge in [0.1, 0.15) is 0 Å². The summed E-state index contributed by atoms with van der Waals surface area (Å²) in [6.07, 6.45) is 0.715. The largest absolute Gasteiger partial charge is 2.00 e. The number of rotatable bonds is 0. The maximum atomic E-state index is 9.19. The smallest absolute Gasteiger partial charge is 2.00 e. The molecule has 0 aliphatic heterocycles. The van der Waals surface area contributed by atoms with Crippen molar-refractivity contribution in [2.24, 2.45) is 0 Å². The summed E-state index contributed by atoms with van der Waals surface area (Å²) in [5.74, 6) is 0. The van der Waals surface area contributed by atoms with Crippen LogP contribution in [-0.4, -0.2) is 42.3 Å². The normalized spacial score (nSPS) is 8.29. The fourth-order valence-corrected chi connectivity index (χ4v) is 0. The average molecular weight is 136 g/mol. The molecule has 0 aliphatic carbocycles. The Kier molecular flexibility index (Phi) is 10.7. The molecule has 0 fully saturated rings. The first kappa shape index (κ1) is 15.6. The molecule has 0 aromatic carbocycles. The molecule has 6 heteroatoms. The van der Waals surface area contributed by atoms with Gasteiger partial charge >= 0.3 is 23.1 Å². The molecule has 0 aliphatic rings. The van der Waals surface area contributed by atoms with Gasteiger partial charge in [-0.05, 0) is 0 Å². The molecule has 0 bridgehead atoms. The van der Waals surface area contributed by atoms with E-state index in [1.165, 1.54) is 0 Å². The van der Waals surface area contributed by atoms with E-state index in [0.29, 0.717) is 6.26 Å². The summed E-state index contributed by atoms with van der Waals surface area (Å²) in [4.78, 5) is 0. The van der Waals surface area contributed by atoms with E-state index >= 15 is 0 Å². The molecule has 0 unspecified atom stereocenters. The van der Waals surface area contributed by atoms with E-state index in [0.717, 1.165) is 0 Å². The van der Waals surface area contributed by atoms with Crippen LogP contribution in [0.25, 0.3) is 0 Å². The van der Waals surface area contributed by atoms with Crippen molar-refractivity contribution in [1.82, 2.24) is 0 Å². The molecular formula is CH4MgO4S. The molecule has 1 N–H and O–H groups in total. The Balaban J connectivity index is -0.0000000800. The van der Waals surface area contributed by atoms with Crippen LogP contribution in [0.4, 0.5) is 0 Å². The van der Waals surface area contributed by atoms with E-state index in [4.69, 9.17) is 4.55 Å². The van der Waals surface area contributed by atoms with E-state index < -0.39 is 10.1 Å². The van der Waals surface area contributed by atoms with Crippen LogP contribution in [0.2, 0.25) is 0 Å². The van der Waals surface area contributed by atoms with Gasteiger partial charge < -0.3 is 5.48 Å². The predicted octanol–water partition coefficient (Wildman–Crippen LogP) is -0.996. The second kappa shape index (κ2) is 4.79. The Bertz CT molecular complexity index is 94.9. The van der Waals surface area contributed by atoms with Crippen LogP contribution in [0.3, 0.4) is 0 Å². The quantitative estimate of drug-likeness (QED) is 0.343. The van der Waals surface area contributed by atoms with Crippen LogP contribution >= 0.6 is 0 Å². The Hall–Kier alpha value is 0.636. The van der Waals surface area contributed by atoms with E-state index in [2.05, 4.69) is 0 Å². The van der Waals surface area contributed by atoms with Crippen molar-refractivity contribution in [2.75, 3.05) is 6.26 Å². The van der Waals surface area contributed by atoms with E-state index in [-0.39, 0.29) is 28.5 Å². The maximum absolute atomic E-state index is 9.19. The van der Waals surface area contributed by atoms with Gasteiger partial charge in [0, 0.05) is 0 Å². The fourth-order valence-electron chi connectivity index (χ4n) is 0. The summed E-state index contributed by atoms with van der Waals surface area (Å²) in [5, 5.41) is 0. The molecule has 0 aromatic rings. The van der Waals surface area contributed by atoms with Crippen molar-refractivity contribution >= 4 is 33.2 Å². The van der Waals surface area contributed by atoms with Crippen molar-refractivity contribution < 1.29 is 18.4 Å². The predicted molar refractivity (Wildman–Crippen MR) is 23.9 cm³/mol. The zero-order chi connectivity index (χ0) is 4.50. The SMILES string of the molecule is CS(=O)(=O)O.[Mg+2].[O-2]. The Morgan fingerprint density at radius 1 is 1.43 bits per heavy atom. The Morgan fingerprint density at radius 2 is 1.43 bits per heavy atom. The molecule has 0 saturated carbocycles. The van der Waals surface area contributed by atoms with Gasteiger partial charge in [0.25, 0.3) is 10.1 Å². The first-order chi connectivity index (χ1) is 2.00. The summed E-state index contributed by atoms with van der Waals surface area (Å²) in [5.41, 5.74) is 0. The third kappa shape index (κ3) is 352. The van der Waals surface area contributed by atoms with Gasteiger partial charge in [0.2, 0.25) is 0 Å². The summed E-state index contributed by atoms with van der Waals surface area (Å²) in [7, 11) is -3.67. The number of hydrogen-bond donors (Lipinski definition) is 1. The molecule has 4 nitrogen and oxygen atoms in total.